The van der Waals surface area contributed by atoms with Gasteiger partial charge in [0, 0.05) is 12.3 Å². The van der Waals surface area contributed by atoms with Crippen LogP contribution in [0.3, 0.4) is 0 Å². The maximum atomic E-state index is 5.59. The van der Waals surface area contributed by atoms with E-state index >= 15 is 0 Å². The fourth-order valence-corrected chi connectivity index (χ4v) is 2.14. The molecule has 1 nitrogen and oxygen atoms in total. The van der Waals surface area contributed by atoms with Crippen molar-refractivity contribution in [2.24, 2.45) is 5.73 Å². The van der Waals surface area contributed by atoms with Gasteiger partial charge in [-0.15, -0.1) is 0 Å². The predicted octanol–water partition coefficient (Wildman–Crippen LogP) is 3.10. The standard InChI is InChI=1S/C12H19NS/c1-9(2)14-8-12-5-4-11(7-13)6-10(12)3/h4-6,9H,7-8,13H2,1-3H3. The summed E-state index contributed by atoms with van der Waals surface area (Å²) >= 11 is 1.98. The molecule has 0 aliphatic heterocycles. The monoisotopic (exact) mass is 209 g/mol. The predicted molar refractivity (Wildman–Crippen MR) is 65.5 cm³/mol. The van der Waals surface area contributed by atoms with E-state index in [-0.39, 0.29) is 0 Å². The quantitative estimate of drug-likeness (QED) is 0.824. The van der Waals surface area contributed by atoms with E-state index < -0.39 is 0 Å². The molecule has 0 aliphatic rings. The average molecular weight is 209 g/mol. The molecule has 0 saturated carbocycles. The van der Waals surface area contributed by atoms with Crippen LogP contribution in [0.2, 0.25) is 0 Å². The molecule has 2 heteroatoms. The largest absolute Gasteiger partial charge is 0.326 e. The van der Waals surface area contributed by atoms with Crippen LogP contribution in [0.4, 0.5) is 0 Å². The molecule has 0 fully saturated rings. The molecule has 1 aromatic carbocycles. The second-order valence-electron chi connectivity index (χ2n) is 3.82. The molecule has 2 N–H and O–H groups in total. The molecule has 1 aromatic rings. The molecule has 0 radical (unpaired) electrons. The summed E-state index contributed by atoms with van der Waals surface area (Å²) in [6.45, 7) is 7.26. The Morgan fingerprint density at radius 3 is 2.57 bits per heavy atom. The van der Waals surface area contributed by atoms with E-state index in [1.54, 1.807) is 0 Å². The van der Waals surface area contributed by atoms with Crippen molar-refractivity contribution in [2.75, 3.05) is 0 Å². The van der Waals surface area contributed by atoms with Gasteiger partial charge in [-0.25, -0.2) is 0 Å². The molecule has 14 heavy (non-hydrogen) atoms. The summed E-state index contributed by atoms with van der Waals surface area (Å²) in [5.74, 6) is 1.11. The van der Waals surface area contributed by atoms with Crippen LogP contribution in [-0.2, 0) is 12.3 Å². The summed E-state index contributed by atoms with van der Waals surface area (Å²) in [6, 6.07) is 6.52. The number of thioether (sulfide) groups is 1. The van der Waals surface area contributed by atoms with Crippen LogP contribution in [0.15, 0.2) is 18.2 Å². The van der Waals surface area contributed by atoms with Gasteiger partial charge in [-0.05, 0) is 28.9 Å². The number of rotatable bonds is 4. The highest BCUT2D eigenvalue weighted by atomic mass is 32.2. The minimum atomic E-state index is 0.637. The Kier molecular flexibility index (Phi) is 4.49. The van der Waals surface area contributed by atoms with Gasteiger partial charge in [0.2, 0.25) is 0 Å². The highest BCUT2D eigenvalue weighted by Crippen LogP contribution is 2.20. The van der Waals surface area contributed by atoms with E-state index in [1.807, 2.05) is 11.8 Å². The molecule has 0 atom stereocenters. The third-order valence-corrected chi connectivity index (χ3v) is 3.36. The van der Waals surface area contributed by atoms with Crippen molar-refractivity contribution in [1.29, 1.82) is 0 Å². The maximum absolute atomic E-state index is 5.59. The molecule has 0 bridgehead atoms. The Morgan fingerprint density at radius 2 is 2.07 bits per heavy atom. The van der Waals surface area contributed by atoms with Crippen LogP contribution in [0.25, 0.3) is 0 Å². The second-order valence-corrected chi connectivity index (χ2v) is 5.39. The molecule has 0 heterocycles. The van der Waals surface area contributed by atoms with Crippen molar-refractivity contribution in [1.82, 2.24) is 0 Å². The van der Waals surface area contributed by atoms with E-state index in [9.17, 15) is 0 Å². The second kappa shape index (κ2) is 5.42. The van der Waals surface area contributed by atoms with Crippen molar-refractivity contribution in [3.8, 4) is 0 Å². The summed E-state index contributed by atoms with van der Waals surface area (Å²) < 4.78 is 0. The lowest BCUT2D eigenvalue weighted by atomic mass is 10.1. The molecule has 0 saturated heterocycles. The first-order valence-corrected chi connectivity index (χ1v) is 6.08. The third-order valence-electron chi connectivity index (χ3n) is 2.21. The number of aryl methyl sites for hydroxylation is 1. The number of hydrogen-bond acceptors (Lipinski definition) is 2. The molecular weight excluding hydrogens is 190 g/mol. The van der Waals surface area contributed by atoms with Gasteiger partial charge in [-0.3, -0.25) is 0 Å². The minimum Gasteiger partial charge on any atom is -0.326 e. The van der Waals surface area contributed by atoms with Crippen LogP contribution in [0.1, 0.15) is 30.5 Å². The molecule has 0 unspecified atom stereocenters. The lowest BCUT2D eigenvalue weighted by Crippen LogP contribution is -1.98. The zero-order valence-corrected chi connectivity index (χ0v) is 10.0. The highest BCUT2D eigenvalue weighted by molar-refractivity contribution is 7.99. The average Bonchev–Trinajstić information content (AvgIpc) is 2.15. The van der Waals surface area contributed by atoms with E-state index in [4.69, 9.17) is 5.73 Å². The molecule has 0 aromatic heterocycles. The summed E-state index contributed by atoms with van der Waals surface area (Å²) in [4.78, 5) is 0. The van der Waals surface area contributed by atoms with E-state index in [2.05, 4.69) is 39.0 Å². The van der Waals surface area contributed by atoms with Gasteiger partial charge in [-0.2, -0.15) is 11.8 Å². The normalized spacial score (nSPS) is 10.9. The lowest BCUT2D eigenvalue weighted by molar-refractivity contribution is 1.06. The van der Waals surface area contributed by atoms with Crippen molar-refractivity contribution < 1.29 is 0 Å². The van der Waals surface area contributed by atoms with Gasteiger partial charge in [-0.1, -0.05) is 32.0 Å². The van der Waals surface area contributed by atoms with Crippen LogP contribution in [0.5, 0.6) is 0 Å². The number of benzene rings is 1. The Labute approximate surface area is 91.1 Å². The van der Waals surface area contributed by atoms with Gasteiger partial charge in [0.1, 0.15) is 0 Å². The summed E-state index contributed by atoms with van der Waals surface area (Å²) in [5, 5.41) is 0.698. The lowest BCUT2D eigenvalue weighted by Gasteiger charge is -2.09. The SMILES string of the molecule is Cc1cc(CN)ccc1CSC(C)C. The van der Waals surface area contributed by atoms with E-state index in [1.165, 1.54) is 16.7 Å². The number of nitrogens with two attached hydrogens (primary N) is 1. The van der Waals surface area contributed by atoms with E-state index in [0.29, 0.717) is 11.8 Å². The third kappa shape index (κ3) is 3.35. The van der Waals surface area contributed by atoms with Crippen molar-refractivity contribution in [2.45, 2.75) is 38.3 Å². The molecule has 0 amide bonds. The highest BCUT2D eigenvalue weighted by Gasteiger charge is 2.01. The Balaban J connectivity index is 2.69. The van der Waals surface area contributed by atoms with Crippen molar-refractivity contribution >= 4 is 11.8 Å². The fraction of sp³-hybridized carbons (Fsp3) is 0.500. The molecule has 0 spiro atoms. The van der Waals surface area contributed by atoms with Crippen LogP contribution < -0.4 is 5.73 Å². The zero-order chi connectivity index (χ0) is 10.6. The first-order valence-electron chi connectivity index (χ1n) is 5.03. The molecular formula is C12H19NS. The summed E-state index contributed by atoms with van der Waals surface area (Å²) in [7, 11) is 0. The smallest absolute Gasteiger partial charge is 0.0189 e. The molecule has 1 rings (SSSR count). The topological polar surface area (TPSA) is 26.0 Å². The number of hydrogen-bond donors (Lipinski definition) is 1. The van der Waals surface area contributed by atoms with Gasteiger partial charge in [0.05, 0.1) is 0 Å². The Hall–Kier alpha value is -0.470. The first kappa shape index (κ1) is 11.6. The van der Waals surface area contributed by atoms with Crippen LogP contribution >= 0.6 is 11.8 Å². The van der Waals surface area contributed by atoms with Crippen LogP contribution in [-0.4, -0.2) is 5.25 Å². The van der Waals surface area contributed by atoms with E-state index in [0.717, 1.165) is 5.75 Å². The van der Waals surface area contributed by atoms with Gasteiger partial charge >= 0.3 is 0 Å². The van der Waals surface area contributed by atoms with Gasteiger partial charge in [0.15, 0.2) is 0 Å². The Bertz CT molecular complexity index is 294. The summed E-state index contributed by atoms with van der Waals surface area (Å²) in [5.41, 5.74) is 9.60. The van der Waals surface area contributed by atoms with Crippen molar-refractivity contribution in [3.63, 3.8) is 0 Å². The molecule has 78 valence electrons. The summed E-state index contributed by atoms with van der Waals surface area (Å²) in [6.07, 6.45) is 0. The van der Waals surface area contributed by atoms with Gasteiger partial charge < -0.3 is 5.73 Å². The fourth-order valence-electron chi connectivity index (χ4n) is 1.30. The molecule has 0 aliphatic carbocycles. The van der Waals surface area contributed by atoms with Crippen LogP contribution in [0, 0.1) is 6.92 Å². The van der Waals surface area contributed by atoms with Crippen molar-refractivity contribution in [3.05, 3.63) is 34.9 Å². The zero-order valence-electron chi connectivity index (χ0n) is 9.21. The minimum absolute atomic E-state index is 0.637. The maximum Gasteiger partial charge on any atom is 0.0189 e. The Morgan fingerprint density at radius 1 is 1.36 bits per heavy atom. The first-order chi connectivity index (χ1) is 6.63. The van der Waals surface area contributed by atoms with Gasteiger partial charge in [0.25, 0.3) is 0 Å².